The molecule has 166 valence electrons. The molecule has 1 amide bonds. The standard InChI is InChI=1S/C24H29NO6/c1-6-30-20-11-17-9-15(2)31-21(17)12-18(20)14-25-24(26)8-7-16-10-22(28-4)23(29-5)13-19(16)27-3/h7-8,10-13,15H,6,9,14H2,1-5H3,(H,25,26)/b8-7+/t15-/m1/s1. The number of hydrogen-bond donors (Lipinski definition) is 1. The van der Waals surface area contributed by atoms with E-state index in [0.29, 0.717) is 36.0 Å². The Balaban J connectivity index is 1.72. The first-order valence-electron chi connectivity index (χ1n) is 10.2. The SMILES string of the molecule is CCOc1cc2c(cc1CNC(=O)/C=C/c1cc(OC)c(OC)cc1OC)O[C@H](C)C2. The van der Waals surface area contributed by atoms with Crippen molar-refractivity contribution in [3.05, 3.63) is 47.0 Å². The summed E-state index contributed by atoms with van der Waals surface area (Å²) < 4.78 is 27.6. The second kappa shape index (κ2) is 10.1. The van der Waals surface area contributed by atoms with Gasteiger partial charge in [-0.25, -0.2) is 0 Å². The van der Waals surface area contributed by atoms with Gasteiger partial charge in [0.25, 0.3) is 0 Å². The Kier molecular flexibility index (Phi) is 7.28. The number of hydrogen-bond acceptors (Lipinski definition) is 6. The van der Waals surface area contributed by atoms with Crippen molar-refractivity contribution < 1.29 is 28.5 Å². The molecule has 1 aliphatic heterocycles. The minimum atomic E-state index is -0.242. The number of fused-ring (bicyclic) bond motifs is 1. The maximum absolute atomic E-state index is 12.5. The summed E-state index contributed by atoms with van der Waals surface area (Å²) in [5.74, 6) is 3.06. The Morgan fingerprint density at radius 2 is 1.77 bits per heavy atom. The van der Waals surface area contributed by atoms with E-state index in [0.717, 1.165) is 29.0 Å². The van der Waals surface area contributed by atoms with E-state index in [2.05, 4.69) is 5.32 Å². The zero-order chi connectivity index (χ0) is 22.4. The topological polar surface area (TPSA) is 75.3 Å². The molecule has 1 heterocycles. The summed E-state index contributed by atoms with van der Waals surface area (Å²) in [6.07, 6.45) is 4.13. The largest absolute Gasteiger partial charge is 0.496 e. The van der Waals surface area contributed by atoms with E-state index in [1.165, 1.54) is 6.08 Å². The number of nitrogens with one attached hydrogen (secondary N) is 1. The number of carbonyl (C=O) groups excluding carboxylic acids is 1. The zero-order valence-corrected chi connectivity index (χ0v) is 18.6. The fourth-order valence-electron chi connectivity index (χ4n) is 3.50. The Hall–Kier alpha value is -3.35. The van der Waals surface area contributed by atoms with E-state index < -0.39 is 0 Å². The molecule has 0 spiro atoms. The molecule has 31 heavy (non-hydrogen) atoms. The monoisotopic (exact) mass is 427 g/mol. The predicted octanol–water partition coefficient (Wildman–Crippen LogP) is 3.76. The number of amides is 1. The van der Waals surface area contributed by atoms with Gasteiger partial charge < -0.3 is 29.0 Å². The fourth-order valence-corrected chi connectivity index (χ4v) is 3.50. The van der Waals surface area contributed by atoms with Crippen LogP contribution >= 0.6 is 0 Å². The molecule has 7 nitrogen and oxygen atoms in total. The van der Waals surface area contributed by atoms with Crippen molar-refractivity contribution in [2.75, 3.05) is 27.9 Å². The summed E-state index contributed by atoms with van der Waals surface area (Å²) in [4.78, 5) is 12.5. The zero-order valence-electron chi connectivity index (χ0n) is 18.6. The molecular weight excluding hydrogens is 398 g/mol. The molecule has 1 atom stereocenters. The van der Waals surface area contributed by atoms with E-state index in [4.69, 9.17) is 23.7 Å². The van der Waals surface area contributed by atoms with Crippen LogP contribution < -0.4 is 29.0 Å². The lowest BCUT2D eigenvalue weighted by Gasteiger charge is -2.13. The summed E-state index contributed by atoms with van der Waals surface area (Å²) >= 11 is 0. The van der Waals surface area contributed by atoms with Gasteiger partial charge in [0.2, 0.25) is 5.91 Å². The maximum atomic E-state index is 12.5. The van der Waals surface area contributed by atoms with Gasteiger partial charge in [0.15, 0.2) is 11.5 Å². The third kappa shape index (κ3) is 5.23. The highest BCUT2D eigenvalue weighted by Gasteiger charge is 2.22. The van der Waals surface area contributed by atoms with Crippen molar-refractivity contribution in [3.8, 4) is 28.7 Å². The lowest BCUT2D eigenvalue weighted by molar-refractivity contribution is -0.116. The number of ether oxygens (including phenoxy) is 5. The van der Waals surface area contributed by atoms with Crippen molar-refractivity contribution in [1.82, 2.24) is 5.32 Å². The lowest BCUT2D eigenvalue weighted by Crippen LogP contribution is -2.20. The third-order valence-electron chi connectivity index (χ3n) is 4.98. The highest BCUT2D eigenvalue weighted by atomic mass is 16.5. The molecule has 1 aliphatic rings. The molecule has 0 saturated heterocycles. The van der Waals surface area contributed by atoms with E-state index in [-0.39, 0.29) is 12.0 Å². The van der Waals surface area contributed by atoms with Crippen LogP contribution in [0.2, 0.25) is 0 Å². The van der Waals surface area contributed by atoms with Crippen LogP contribution in [0.5, 0.6) is 28.7 Å². The van der Waals surface area contributed by atoms with Gasteiger partial charge in [0.05, 0.1) is 27.9 Å². The van der Waals surface area contributed by atoms with Crippen LogP contribution in [-0.4, -0.2) is 39.9 Å². The summed E-state index contributed by atoms with van der Waals surface area (Å²) in [5.41, 5.74) is 2.71. The minimum Gasteiger partial charge on any atom is -0.496 e. The quantitative estimate of drug-likeness (QED) is 0.614. The highest BCUT2D eigenvalue weighted by Crippen LogP contribution is 2.36. The van der Waals surface area contributed by atoms with Crippen LogP contribution in [-0.2, 0) is 17.8 Å². The van der Waals surface area contributed by atoms with Gasteiger partial charge in [-0.2, -0.15) is 0 Å². The van der Waals surface area contributed by atoms with Gasteiger partial charge in [0.1, 0.15) is 23.4 Å². The Morgan fingerprint density at radius 3 is 2.45 bits per heavy atom. The van der Waals surface area contributed by atoms with Crippen LogP contribution in [0.25, 0.3) is 6.08 Å². The predicted molar refractivity (Wildman–Crippen MR) is 118 cm³/mol. The van der Waals surface area contributed by atoms with Crippen LogP contribution in [0.3, 0.4) is 0 Å². The Labute approximate surface area is 182 Å². The van der Waals surface area contributed by atoms with E-state index in [1.807, 2.05) is 26.0 Å². The van der Waals surface area contributed by atoms with Crippen LogP contribution in [0.4, 0.5) is 0 Å². The number of rotatable bonds is 9. The summed E-state index contributed by atoms with van der Waals surface area (Å²) in [6.45, 7) is 4.85. The van der Waals surface area contributed by atoms with Crippen molar-refractivity contribution in [2.24, 2.45) is 0 Å². The first kappa shape index (κ1) is 22.3. The minimum absolute atomic E-state index is 0.147. The molecule has 0 unspecified atom stereocenters. The first-order valence-corrected chi connectivity index (χ1v) is 10.2. The third-order valence-corrected chi connectivity index (χ3v) is 4.98. The maximum Gasteiger partial charge on any atom is 0.244 e. The number of methoxy groups -OCH3 is 3. The Morgan fingerprint density at radius 1 is 1.06 bits per heavy atom. The van der Waals surface area contributed by atoms with E-state index in [1.54, 1.807) is 39.5 Å². The summed E-state index contributed by atoms with van der Waals surface area (Å²) in [7, 11) is 4.67. The molecular formula is C24H29NO6. The molecule has 7 heteroatoms. The Bertz CT molecular complexity index is 969. The van der Waals surface area contributed by atoms with Gasteiger partial charge >= 0.3 is 0 Å². The molecule has 3 rings (SSSR count). The van der Waals surface area contributed by atoms with Gasteiger partial charge in [-0.1, -0.05) is 0 Å². The van der Waals surface area contributed by atoms with Crippen molar-refractivity contribution in [1.29, 1.82) is 0 Å². The second-order valence-corrected chi connectivity index (χ2v) is 7.13. The first-order chi connectivity index (χ1) is 15.0. The lowest BCUT2D eigenvalue weighted by atomic mass is 10.1. The van der Waals surface area contributed by atoms with Gasteiger partial charge in [-0.3, -0.25) is 4.79 Å². The average Bonchev–Trinajstić information content (AvgIpc) is 3.14. The van der Waals surface area contributed by atoms with Crippen molar-refractivity contribution in [2.45, 2.75) is 32.9 Å². The van der Waals surface area contributed by atoms with Crippen molar-refractivity contribution >= 4 is 12.0 Å². The molecule has 0 saturated carbocycles. The smallest absolute Gasteiger partial charge is 0.244 e. The van der Waals surface area contributed by atoms with E-state index >= 15 is 0 Å². The molecule has 0 radical (unpaired) electrons. The molecule has 2 aromatic carbocycles. The van der Waals surface area contributed by atoms with Crippen LogP contribution in [0.1, 0.15) is 30.5 Å². The molecule has 0 aromatic heterocycles. The molecule has 1 N–H and O–H groups in total. The van der Waals surface area contributed by atoms with Crippen LogP contribution in [0, 0.1) is 0 Å². The van der Waals surface area contributed by atoms with Gasteiger partial charge in [-0.15, -0.1) is 0 Å². The summed E-state index contributed by atoms with van der Waals surface area (Å²) in [5, 5.41) is 2.90. The fraction of sp³-hybridized carbons (Fsp3) is 0.375. The second-order valence-electron chi connectivity index (χ2n) is 7.13. The normalized spacial score (nSPS) is 14.7. The number of carbonyl (C=O) groups is 1. The van der Waals surface area contributed by atoms with E-state index in [9.17, 15) is 4.79 Å². The van der Waals surface area contributed by atoms with Crippen molar-refractivity contribution in [3.63, 3.8) is 0 Å². The average molecular weight is 427 g/mol. The molecule has 2 aromatic rings. The van der Waals surface area contributed by atoms with Gasteiger partial charge in [0, 0.05) is 41.8 Å². The molecule has 0 fully saturated rings. The van der Waals surface area contributed by atoms with Gasteiger partial charge in [-0.05, 0) is 38.1 Å². The molecule has 0 aliphatic carbocycles. The molecule has 0 bridgehead atoms. The number of benzene rings is 2. The summed E-state index contributed by atoms with van der Waals surface area (Å²) in [6, 6.07) is 7.43. The van der Waals surface area contributed by atoms with Crippen LogP contribution in [0.15, 0.2) is 30.3 Å². The highest BCUT2D eigenvalue weighted by molar-refractivity contribution is 5.92.